The first-order chi connectivity index (χ1) is 10.9. The molecule has 0 atom stereocenters. The zero-order chi connectivity index (χ0) is 17.1. The van der Waals surface area contributed by atoms with Crippen molar-refractivity contribution in [3.8, 4) is 0 Å². The monoisotopic (exact) mass is 356 g/mol. The van der Waals surface area contributed by atoms with Crippen LogP contribution >= 0.6 is 23.2 Å². The summed E-state index contributed by atoms with van der Waals surface area (Å²) in [6.07, 6.45) is 0.663. The fourth-order valence-corrected chi connectivity index (χ4v) is 3.04. The number of likely N-dealkylation sites (N-methyl/N-ethyl adjacent to an activating group) is 1. The summed E-state index contributed by atoms with van der Waals surface area (Å²) in [7, 11) is 1.66. The lowest BCUT2D eigenvalue weighted by Gasteiger charge is -2.20. The van der Waals surface area contributed by atoms with Crippen molar-refractivity contribution in [1.82, 2.24) is 9.80 Å². The molecule has 1 heterocycles. The first kappa shape index (κ1) is 17.8. The van der Waals surface area contributed by atoms with Crippen molar-refractivity contribution < 1.29 is 14.7 Å². The van der Waals surface area contributed by atoms with Crippen LogP contribution in [0.25, 0.3) is 5.57 Å². The molecule has 1 aromatic carbocycles. The van der Waals surface area contributed by atoms with Crippen molar-refractivity contribution in [3.05, 3.63) is 39.5 Å². The molecule has 0 aliphatic carbocycles. The summed E-state index contributed by atoms with van der Waals surface area (Å²) in [5, 5.41) is 9.91. The smallest absolute Gasteiger partial charge is 0.277 e. The number of halogens is 2. The summed E-state index contributed by atoms with van der Waals surface area (Å²) in [6, 6.07) is 4.79. The number of hydrogen-bond donors (Lipinski definition) is 1. The standard InChI is InChI=1S/C16H18Cl2N2O3/c1-3-6-20-15(22)13(11-5-4-10(17)9-12(11)18)14(16(20)23)19(2)7-8-21/h4-5,9,21H,3,6-8H2,1-2H3. The van der Waals surface area contributed by atoms with E-state index in [9.17, 15) is 9.59 Å². The minimum atomic E-state index is -0.374. The van der Waals surface area contributed by atoms with E-state index < -0.39 is 0 Å². The number of aliphatic hydroxyl groups excluding tert-OH is 1. The van der Waals surface area contributed by atoms with Crippen LogP contribution in [0.4, 0.5) is 0 Å². The molecule has 0 bridgehead atoms. The van der Waals surface area contributed by atoms with E-state index in [0.29, 0.717) is 28.6 Å². The molecule has 1 aliphatic heterocycles. The highest BCUT2D eigenvalue weighted by Gasteiger charge is 2.40. The average Bonchev–Trinajstić information content (AvgIpc) is 2.73. The Kier molecular flexibility index (Phi) is 5.68. The van der Waals surface area contributed by atoms with Gasteiger partial charge >= 0.3 is 0 Å². The Morgan fingerprint density at radius 2 is 1.91 bits per heavy atom. The number of carbonyl (C=O) groups is 2. The van der Waals surface area contributed by atoms with Crippen LogP contribution < -0.4 is 0 Å². The molecular formula is C16H18Cl2N2O3. The van der Waals surface area contributed by atoms with Crippen molar-refractivity contribution in [2.45, 2.75) is 13.3 Å². The minimum absolute atomic E-state index is 0.128. The summed E-state index contributed by atoms with van der Waals surface area (Å²) in [4.78, 5) is 28.2. The van der Waals surface area contributed by atoms with Crippen molar-refractivity contribution in [2.24, 2.45) is 0 Å². The number of aliphatic hydroxyl groups is 1. The third kappa shape index (κ3) is 3.37. The number of benzene rings is 1. The Morgan fingerprint density at radius 3 is 2.48 bits per heavy atom. The molecular weight excluding hydrogens is 339 g/mol. The van der Waals surface area contributed by atoms with Gasteiger partial charge in [-0.3, -0.25) is 14.5 Å². The molecule has 0 aromatic heterocycles. The second-order valence-corrected chi connectivity index (χ2v) is 6.10. The highest BCUT2D eigenvalue weighted by Crippen LogP contribution is 2.35. The van der Waals surface area contributed by atoms with Gasteiger partial charge in [-0.1, -0.05) is 36.2 Å². The van der Waals surface area contributed by atoms with E-state index in [0.717, 1.165) is 0 Å². The van der Waals surface area contributed by atoms with Gasteiger partial charge < -0.3 is 10.0 Å². The first-order valence-corrected chi connectivity index (χ1v) is 8.05. The fourth-order valence-electron chi connectivity index (χ4n) is 2.54. The van der Waals surface area contributed by atoms with Crippen molar-refractivity contribution in [1.29, 1.82) is 0 Å². The minimum Gasteiger partial charge on any atom is -0.395 e. The van der Waals surface area contributed by atoms with Gasteiger partial charge in [-0.25, -0.2) is 0 Å². The van der Waals surface area contributed by atoms with Gasteiger partial charge in [0.1, 0.15) is 5.70 Å². The molecule has 7 heteroatoms. The van der Waals surface area contributed by atoms with Gasteiger partial charge in [-0.2, -0.15) is 0 Å². The Labute approximate surface area is 145 Å². The van der Waals surface area contributed by atoms with E-state index in [2.05, 4.69) is 0 Å². The number of hydrogen-bond acceptors (Lipinski definition) is 4. The van der Waals surface area contributed by atoms with Gasteiger partial charge in [-0.05, 0) is 18.6 Å². The molecule has 23 heavy (non-hydrogen) atoms. The first-order valence-electron chi connectivity index (χ1n) is 7.30. The van der Waals surface area contributed by atoms with Crippen molar-refractivity contribution in [3.63, 3.8) is 0 Å². The van der Waals surface area contributed by atoms with Crippen LogP contribution in [0.15, 0.2) is 23.9 Å². The zero-order valence-corrected chi connectivity index (χ0v) is 14.5. The van der Waals surface area contributed by atoms with Gasteiger partial charge in [-0.15, -0.1) is 0 Å². The summed E-state index contributed by atoms with van der Waals surface area (Å²) in [5.74, 6) is -0.741. The van der Waals surface area contributed by atoms with Crippen LogP contribution in [0, 0.1) is 0 Å². The number of imide groups is 1. The lowest BCUT2D eigenvalue weighted by atomic mass is 10.0. The molecule has 1 aromatic rings. The third-order valence-corrected chi connectivity index (χ3v) is 4.16. The van der Waals surface area contributed by atoms with Crippen molar-refractivity contribution in [2.75, 3.05) is 26.7 Å². The topological polar surface area (TPSA) is 60.9 Å². The van der Waals surface area contributed by atoms with Crippen molar-refractivity contribution >= 4 is 40.6 Å². The second-order valence-electron chi connectivity index (χ2n) is 5.25. The van der Waals surface area contributed by atoms with Crippen LogP contribution in [0.3, 0.4) is 0 Å². The van der Waals surface area contributed by atoms with Gasteiger partial charge in [0.2, 0.25) is 0 Å². The molecule has 2 rings (SSSR count). The Morgan fingerprint density at radius 1 is 1.22 bits per heavy atom. The van der Waals surface area contributed by atoms with Gasteiger partial charge in [0.15, 0.2) is 0 Å². The molecule has 0 saturated heterocycles. The van der Waals surface area contributed by atoms with E-state index in [1.165, 1.54) is 11.0 Å². The molecule has 5 nitrogen and oxygen atoms in total. The van der Waals surface area contributed by atoms with Crippen LogP contribution in [0.5, 0.6) is 0 Å². The van der Waals surface area contributed by atoms with E-state index in [1.54, 1.807) is 24.1 Å². The quantitative estimate of drug-likeness (QED) is 0.795. The largest absolute Gasteiger partial charge is 0.395 e. The average molecular weight is 357 g/mol. The maximum Gasteiger partial charge on any atom is 0.277 e. The number of carbonyl (C=O) groups excluding carboxylic acids is 2. The number of nitrogens with zero attached hydrogens (tertiary/aromatic N) is 2. The lowest BCUT2D eigenvalue weighted by Crippen LogP contribution is -2.35. The van der Waals surface area contributed by atoms with Crippen LogP contribution in [0.2, 0.25) is 10.0 Å². The molecule has 0 fully saturated rings. The maximum atomic E-state index is 12.7. The summed E-state index contributed by atoms with van der Waals surface area (Å²) >= 11 is 12.1. The number of amides is 2. The fraction of sp³-hybridized carbons (Fsp3) is 0.375. The van der Waals surface area contributed by atoms with E-state index in [1.807, 2.05) is 6.92 Å². The Bertz CT molecular complexity index is 673. The molecule has 124 valence electrons. The van der Waals surface area contributed by atoms with Crippen LogP contribution in [-0.4, -0.2) is 53.5 Å². The van der Waals surface area contributed by atoms with Gasteiger partial charge in [0.25, 0.3) is 11.8 Å². The van der Waals surface area contributed by atoms with Gasteiger partial charge in [0.05, 0.1) is 17.2 Å². The number of rotatable bonds is 6. The molecule has 0 saturated carbocycles. The van der Waals surface area contributed by atoms with Gasteiger partial charge in [0, 0.05) is 30.7 Å². The highest BCUT2D eigenvalue weighted by molar-refractivity contribution is 6.41. The Hall–Kier alpha value is -1.56. The van der Waals surface area contributed by atoms with Crippen LogP contribution in [0.1, 0.15) is 18.9 Å². The maximum absolute atomic E-state index is 12.7. The summed E-state index contributed by atoms with van der Waals surface area (Å²) < 4.78 is 0. The van der Waals surface area contributed by atoms with Crippen LogP contribution in [-0.2, 0) is 9.59 Å². The third-order valence-electron chi connectivity index (χ3n) is 3.61. The Balaban J connectivity index is 2.60. The normalized spacial score (nSPS) is 14.9. The molecule has 2 amide bonds. The zero-order valence-electron chi connectivity index (χ0n) is 13.0. The summed E-state index contributed by atoms with van der Waals surface area (Å²) in [6.45, 7) is 2.34. The molecule has 0 spiro atoms. The van der Waals surface area contributed by atoms with E-state index in [4.69, 9.17) is 28.3 Å². The molecule has 0 unspecified atom stereocenters. The predicted molar refractivity (Wildman–Crippen MR) is 90.1 cm³/mol. The highest BCUT2D eigenvalue weighted by atomic mass is 35.5. The van der Waals surface area contributed by atoms with E-state index >= 15 is 0 Å². The van der Waals surface area contributed by atoms with E-state index in [-0.39, 0.29) is 36.2 Å². The second kappa shape index (κ2) is 7.34. The molecule has 0 radical (unpaired) electrons. The predicted octanol–water partition coefficient (Wildman–Crippen LogP) is 2.41. The molecule has 1 N–H and O–H groups in total. The lowest BCUT2D eigenvalue weighted by molar-refractivity contribution is -0.137. The summed E-state index contributed by atoms with van der Waals surface area (Å²) in [5.41, 5.74) is 0.968. The SMILES string of the molecule is CCCN1C(=O)C(c2ccc(Cl)cc2Cl)=C(N(C)CCO)C1=O. The molecule has 1 aliphatic rings.